The Bertz CT molecular complexity index is 601. The second-order valence-electron chi connectivity index (χ2n) is 4.44. The third-order valence-corrected chi connectivity index (χ3v) is 3.08. The fourth-order valence-electron chi connectivity index (χ4n) is 1.53. The summed E-state index contributed by atoms with van der Waals surface area (Å²) in [5.74, 6) is 1.54. The lowest BCUT2D eigenvalue weighted by Crippen LogP contribution is -2.04. The summed E-state index contributed by atoms with van der Waals surface area (Å²) < 4.78 is 13.5. The lowest BCUT2D eigenvalue weighted by Gasteiger charge is -2.10. The van der Waals surface area contributed by atoms with Crippen molar-refractivity contribution < 1.29 is 4.39 Å². The SMILES string of the molecule is CC(C)c1nc(N)cc(Nc2ccc(F)c(Br)c2)n1. The fraction of sp³-hybridized carbons (Fsp3) is 0.231. The molecule has 0 bridgehead atoms. The molecular weight excluding hydrogens is 311 g/mol. The molecule has 0 radical (unpaired) electrons. The third kappa shape index (κ3) is 3.41. The van der Waals surface area contributed by atoms with Crippen LogP contribution in [0, 0.1) is 5.82 Å². The summed E-state index contributed by atoms with van der Waals surface area (Å²) >= 11 is 3.14. The lowest BCUT2D eigenvalue weighted by atomic mass is 10.2. The maximum Gasteiger partial charge on any atom is 0.137 e. The van der Waals surface area contributed by atoms with Crippen LogP contribution < -0.4 is 11.1 Å². The highest BCUT2D eigenvalue weighted by Gasteiger charge is 2.07. The smallest absolute Gasteiger partial charge is 0.137 e. The Morgan fingerprint density at radius 3 is 2.63 bits per heavy atom. The minimum absolute atomic E-state index is 0.184. The van der Waals surface area contributed by atoms with Gasteiger partial charge in [-0.15, -0.1) is 0 Å². The summed E-state index contributed by atoms with van der Waals surface area (Å²) in [5, 5.41) is 3.08. The third-order valence-electron chi connectivity index (χ3n) is 2.47. The molecule has 0 aliphatic carbocycles. The van der Waals surface area contributed by atoms with Crippen LogP contribution in [-0.2, 0) is 0 Å². The molecule has 4 nitrogen and oxygen atoms in total. The summed E-state index contributed by atoms with van der Waals surface area (Å²) in [6.45, 7) is 3.99. The van der Waals surface area contributed by atoms with Crippen LogP contribution in [0.2, 0.25) is 0 Å². The Morgan fingerprint density at radius 2 is 2.00 bits per heavy atom. The molecule has 0 unspecified atom stereocenters. The number of anilines is 3. The van der Waals surface area contributed by atoms with Gasteiger partial charge in [-0.25, -0.2) is 14.4 Å². The van der Waals surface area contributed by atoms with Crippen molar-refractivity contribution in [1.82, 2.24) is 9.97 Å². The number of nitrogens with zero attached hydrogens (tertiary/aromatic N) is 2. The molecule has 0 fully saturated rings. The number of rotatable bonds is 3. The number of benzene rings is 1. The largest absolute Gasteiger partial charge is 0.384 e. The molecule has 1 aromatic carbocycles. The van der Waals surface area contributed by atoms with E-state index in [9.17, 15) is 4.39 Å². The standard InChI is InChI=1S/C13H14BrFN4/c1-7(2)13-18-11(16)6-12(19-13)17-8-3-4-10(15)9(14)5-8/h3-7H,1-2H3,(H3,16,17,18,19). The fourth-order valence-corrected chi connectivity index (χ4v) is 1.91. The van der Waals surface area contributed by atoms with E-state index in [1.165, 1.54) is 6.07 Å². The van der Waals surface area contributed by atoms with Crippen LogP contribution in [0.4, 0.5) is 21.7 Å². The van der Waals surface area contributed by atoms with Crippen molar-refractivity contribution in [3.8, 4) is 0 Å². The van der Waals surface area contributed by atoms with Gasteiger partial charge in [-0.2, -0.15) is 0 Å². The summed E-state index contributed by atoms with van der Waals surface area (Å²) in [4.78, 5) is 8.53. The molecule has 0 amide bonds. The number of nitrogens with one attached hydrogen (secondary N) is 1. The van der Waals surface area contributed by atoms with Crippen LogP contribution in [0.25, 0.3) is 0 Å². The van der Waals surface area contributed by atoms with Crippen LogP contribution in [0.15, 0.2) is 28.7 Å². The molecule has 2 aromatic rings. The van der Waals surface area contributed by atoms with E-state index in [1.807, 2.05) is 13.8 Å². The summed E-state index contributed by atoms with van der Waals surface area (Å²) in [6.07, 6.45) is 0. The molecule has 0 spiro atoms. The zero-order valence-corrected chi connectivity index (χ0v) is 12.2. The van der Waals surface area contributed by atoms with E-state index in [0.29, 0.717) is 21.9 Å². The number of hydrogen-bond donors (Lipinski definition) is 2. The van der Waals surface area contributed by atoms with Crippen molar-refractivity contribution in [2.24, 2.45) is 0 Å². The Hall–Kier alpha value is -1.69. The molecule has 19 heavy (non-hydrogen) atoms. The first kappa shape index (κ1) is 13.7. The van der Waals surface area contributed by atoms with Crippen molar-refractivity contribution in [2.45, 2.75) is 19.8 Å². The van der Waals surface area contributed by atoms with Crippen LogP contribution in [0.5, 0.6) is 0 Å². The molecule has 100 valence electrons. The molecule has 0 saturated carbocycles. The molecule has 0 atom stereocenters. The Labute approximate surface area is 119 Å². The van der Waals surface area contributed by atoms with Gasteiger partial charge in [0.2, 0.25) is 0 Å². The average molecular weight is 325 g/mol. The van der Waals surface area contributed by atoms with Gasteiger partial charge in [-0.1, -0.05) is 13.8 Å². The molecule has 1 heterocycles. The highest BCUT2D eigenvalue weighted by Crippen LogP contribution is 2.23. The van der Waals surface area contributed by atoms with Gasteiger partial charge in [0.25, 0.3) is 0 Å². The maximum absolute atomic E-state index is 13.2. The van der Waals surface area contributed by atoms with E-state index in [0.717, 1.165) is 5.69 Å². The van der Waals surface area contributed by atoms with Gasteiger partial charge in [0.15, 0.2) is 0 Å². The van der Waals surface area contributed by atoms with Crippen molar-refractivity contribution in [3.05, 3.63) is 40.4 Å². The van der Waals surface area contributed by atoms with Gasteiger partial charge in [-0.3, -0.25) is 0 Å². The number of hydrogen-bond acceptors (Lipinski definition) is 4. The van der Waals surface area contributed by atoms with Gasteiger partial charge >= 0.3 is 0 Å². The first-order valence-electron chi connectivity index (χ1n) is 5.82. The predicted octanol–water partition coefficient (Wildman–Crippen LogP) is 3.83. The van der Waals surface area contributed by atoms with Gasteiger partial charge in [0, 0.05) is 17.7 Å². The first-order valence-corrected chi connectivity index (χ1v) is 6.61. The van der Waals surface area contributed by atoms with E-state index in [2.05, 4.69) is 31.2 Å². The van der Waals surface area contributed by atoms with Crippen molar-refractivity contribution >= 4 is 33.3 Å². The minimum atomic E-state index is -0.310. The average Bonchev–Trinajstić information content (AvgIpc) is 2.33. The molecular formula is C13H14BrFN4. The minimum Gasteiger partial charge on any atom is -0.384 e. The maximum atomic E-state index is 13.2. The second-order valence-corrected chi connectivity index (χ2v) is 5.30. The highest BCUT2D eigenvalue weighted by molar-refractivity contribution is 9.10. The van der Waals surface area contributed by atoms with Gasteiger partial charge in [-0.05, 0) is 34.1 Å². The van der Waals surface area contributed by atoms with Crippen molar-refractivity contribution in [1.29, 1.82) is 0 Å². The number of halogens is 2. The predicted molar refractivity (Wildman–Crippen MR) is 77.9 cm³/mol. The molecule has 2 rings (SSSR count). The van der Waals surface area contributed by atoms with Gasteiger partial charge in [0.05, 0.1) is 4.47 Å². The second kappa shape index (κ2) is 5.52. The van der Waals surface area contributed by atoms with Crippen LogP contribution in [0.1, 0.15) is 25.6 Å². The molecule has 3 N–H and O–H groups in total. The summed E-state index contributed by atoms with van der Waals surface area (Å²) in [6, 6.07) is 6.29. The number of nitrogen functional groups attached to an aromatic ring is 1. The quantitative estimate of drug-likeness (QED) is 0.900. The molecule has 6 heteroatoms. The number of nitrogens with two attached hydrogens (primary N) is 1. The van der Waals surface area contributed by atoms with E-state index >= 15 is 0 Å². The first-order chi connectivity index (χ1) is 8.95. The molecule has 0 saturated heterocycles. The summed E-state index contributed by atoms with van der Waals surface area (Å²) in [5.41, 5.74) is 6.47. The van der Waals surface area contributed by atoms with E-state index < -0.39 is 0 Å². The van der Waals surface area contributed by atoms with Gasteiger partial charge in [0.1, 0.15) is 23.3 Å². The highest BCUT2D eigenvalue weighted by atomic mass is 79.9. The van der Waals surface area contributed by atoms with E-state index in [-0.39, 0.29) is 11.7 Å². The van der Waals surface area contributed by atoms with Crippen molar-refractivity contribution in [3.63, 3.8) is 0 Å². The zero-order chi connectivity index (χ0) is 14.0. The topological polar surface area (TPSA) is 63.8 Å². The summed E-state index contributed by atoms with van der Waals surface area (Å²) in [7, 11) is 0. The van der Waals surface area contributed by atoms with E-state index in [1.54, 1.807) is 18.2 Å². The Morgan fingerprint density at radius 1 is 1.26 bits per heavy atom. The Kier molecular flexibility index (Phi) is 3.99. The monoisotopic (exact) mass is 324 g/mol. The zero-order valence-electron chi connectivity index (χ0n) is 10.6. The molecule has 0 aliphatic heterocycles. The molecule has 0 aliphatic rings. The lowest BCUT2D eigenvalue weighted by molar-refractivity contribution is 0.621. The number of aromatic nitrogens is 2. The molecule has 1 aromatic heterocycles. The normalized spacial score (nSPS) is 10.8. The van der Waals surface area contributed by atoms with Crippen molar-refractivity contribution in [2.75, 3.05) is 11.1 Å². The van der Waals surface area contributed by atoms with Crippen LogP contribution in [0.3, 0.4) is 0 Å². The van der Waals surface area contributed by atoms with Crippen LogP contribution >= 0.6 is 15.9 Å². The Balaban J connectivity index is 2.29. The van der Waals surface area contributed by atoms with Gasteiger partial charge < -0.3 is 11.1 Å². The van der Waals surface area contributed by atoms with E-state index in [4.69, 9.17) is 5.73 Å². The van der Waals surface area contributed by atoms with Crippen LogP contribution in [-0.4, -0.2) is 9.97 Å².